The van der Waals surface area contributed by atoms with Gasteiger partial charge < -0.3 is 20.6 Å². The van der Waals surface area contributed by atoms with E-state index in [4.69, 9.17) is 15.6 Å². The first-order valence-corrected chi connectivity index (χ1v) is 10.4. The molecule has 0 unspecified atom stereocenters. The van der Waals surface area contributed by atoms with Gasteiger partial charge in [0.05, 0.1) is 5.39 Å². The van der Waals surface area contributed by atoms with Crippen LogP contribution >= 0.6 is 23.7 Å². The summed E-state index contributed by atoms with van der Waals surface area (Å²) in [7, 11) is 0. The molecule has 0 amide bonds. The third-order valence-electron chi connectivity index (χ3n) is 5.14. The number of nitrogens with two attached hydrogens (primary N) is 1. The normalized spacial score (nSPS) is 15.4. The van der Waals surface area contributed by atoms with Gasteiger partial charge in [0.25, 0.3) is 5.56 Å². The number of benzene rings is 1. The van der Waals surface area contributed by atoms with Crippen LogP contribution in [-0.4, -0.2) is 26.6 Å². The summed E-state index contributed by atoms with van der Waals surface area (Å²) in [6.07, 6.45) is 3.91. The first kappa shape index (κ1) is 22.3. The van der Waals surface area contributed by atoms with E-state index in [9.17, 15) is 9.59 Å². The van der Waals surface area contributed by atoms with Crippen molar-refractivity contribution in [2.45, 2.75) is 51.7 Å². The molecule has 1 aliphatic carbocycles. The fourth-order valence-corrected chi connectivity index (χ4v) is 5.16. The molecule has 0 bridgehead atoms. The summed E-state index contributed by atoms with van der Waals surface area (Å²) in [4.78, 5) is 30.5. The summed E-state index contributed by atoms with van der Waals surface area (Å²) in [6.45, 7) is 4.82. The predicted octanol–water partition coefficient (Wildman–Crippen LogP) is 3.45. The summed E-state index contributed by atoms with van der Waals surface area (Å²) in [6, 6.07) is 6.19. The molecule has 3 heterocycles. The first-order chi connectivity index (χ1) is 13.8. The lowest BCUT2D eigenvalue weighted by Crippen LogP contribution is -2.24. The van der Waals surface area contributed by atoms with Crippen LogP contribution in [0, 0.1) is 0 Å². The van der Waals surface area contributed by atoms with E-state index in [2.05, 4.69) is 29.9 Å². The molecule has 2 aromatic heterocycles. The van der Waals surface area contributed by atoms with Crippen LogP contribution in [0.1, 0.15) is 52.5 Å². The second-order valence-electron chi connectivity index (χ2n) is 7.94. The van der Waals surface area contributed by atoms with Crippen LogP contribution in [0.5, 0.6) is 5.75 Å². The highest BCUT2D eigenvalue weighted by molar-refractivity contribution is 7.18. The highest BCUT2D eigenvalue weighted by Crippen LogP contribution is 2.35. The topological polar surface area (TPSA) is 118 Å². The number of nitrogens with one attached hydrogen (secondary N) is 1. The molecule has 30 heavy (non-hydrogen) atoms. The fraction of sp³-hybridized carbons (Fsp3) is 0.381. The molecule has 1 aromatic carbocycles. The lowest BCUT2D eigenvalue weighted by Gasteiger charge is -2.16. The van der Waals surface area contributed by atoms with E-state index in [1.807, 2.05) is 12.1 Å². The molecule has 0 saturated carbocycles. The number of rotatable bonds is 2. The van der Waals surface area contributed by atoms with Crippen molar-refractivity contribution >= 4 is 39.9 Å². The standard InChI is InChI=1S/C11H15NO.C10H8N2O3S.ClH/c1-11(2)6-9-5-8(7-12)3-4-10(9)13-11;13-8-6-4-2-1-3-5(4)16-9(6)12-7(11-8)10(14)15;/h3-5H,6-7,12H2,1-2H3;1-3H2,(H,14,15)(H,11,12,13);1H. The zero-order valence-corrected chi connectivity index (χ0v) is 18.4. The van der Waals surface area contributed by atoms with Crippen LogP contribution in [0.3, 0.4) is 0 Å². The Labute approximate surface area is 183 Å². The quantitative estimate of drug-likeness (QED) is 0.551. The van der Waals surface area contributed by atoms with Crippen molar-refractivity contribution in [3.8, 4) is 5.75 Å². The highest BCUT2D eigenvalue weighted by Gasteiger charge is 2.29. The number of aromatic carboxylic acids is 1. The number of carboxylic acid groups (broad SMARTS) is 1. The number of carboxylic acids is 1. The number of H-pyrrole nitrogens is 1. The van der Waals surface area contributed by atoms with Crippen molar-refractivity contribution in [2.24, 2.45) is 5.73 Å². The molecule has 1 aliphatic heterocycles. The summed E-state index contributed by atoms with van der Waals surface area (Å²) in [5.74, 6) is -0.466. The minimum absolute atomic E-state index is 0. The molecule has 5 rings (SSSR count). The number of aryl methyl sites for hydroxylation is 2. The van der Waals surface area contributed by atoms with Crippen molar-refractivity contribution in [3.63, 3.8) is 0 Å². The van der Waals surface area contributed by atoms with Crippen molar-refractivity contribution in [2.75, 3.05) is 0 Å². The van der Waals surface area contributed by atoms with Crippen molar-refractivity contribution in [1.82, 2.24) is 9.97 Å². The molecule has 0 fully saturated rings. The minimum atomic E-state index is -1.20. The van der Waals surface area contributed by atoms with Gasteiger partial charge in [-0.2, -0.15) is 0 Å². The predicted molar refractivity (Wildman–Crippen MR) is 119 cm³/mol. The van der Waals surface area contributed by atoms with E-state index in [1.165, 1.54) is 27.3 Å². The molecule has 0 saturated heterocycles. The Hall–Kier alpha value is -2.42. The molecule has 0 spiro atoms. The number of nitrogens with zero attached hydrogens (tertiary/aromatic N) is 1. The summed E-state index contributed by atoms with van der Waals surface area (Å²) in [5.41, 5.74) is 8.72. The van der Waals surface area contributed by atoms with Crippen molar-refractivity contribution in [3.05, 3.63) is 55.9 Å². The van der Waals surface area contributed by atoms with Crippen LogP contribution in [0.25, 0.3) is 10.2 Å². The van der Waals surface area contributed by atoms with Crippen LogP contribution in [0.2, 0.25) is 0 Å². The van der Waals surface area contributed by atoms with E-state index >= 15 is 0 Å². The maximum atomic E-state index is 11.8. The first-order valence-electron chi connectivity index (χ1n) is 9.56. The molecule has 7 nitrogen and oxygen atoms in total. The Morgan fingerprint density at radius 1 is 1.37 bits per heavy atom. The van der Waals surface area contributed by atoms with Gasteiger partial charge in [-0.05, 0) is 55.9 Å². The smallest absolute Gasteiger partial charge is 0.372 e. The number of hydrogen-bond donors (Lipinski definition) is 3. The van der Waals surface area contributed by atoms with Gasteiger partial charge in [0.2, 0.25) is 5.82 Å². The van der Waals surface area contributed by atoms with Gasteiger partial charge in [-0.1, -0.05) is 12.1 Å². The number of thiophene rings is 1. The average Bonchev–Trinajstić information content (AvgIpc) is 3.31. The van der Waals surface area contributed by atoms with Gasteiger partial charge in [0, 0.05) is 17.8 Å². The Kier molecular flexibility index (Phi) is 6.21. The largest absolute Gasteiger partial charge is 0.487 e. The molecular weight excluding hydrogens is 426 g/mol. The molecule has 4 N–H and O–H groups in total. The van der Waals surface area contributed by atoms with Gasteiger partial charge >= 0.3 is 5.97 Å². The number of carbonyl (C=O) groups is 1. The zero-order valence-electron chi connectivity index (χ0n) is 16.8. The third kappa shape index (κ3) is 4.21. The molecule has 160 valence electrons. The summed E-state index contributed by atoms with van der Waals surface area (Å²) in [5, 5.41) is 9.37. The van der Waals surface area contributed by atoms with E-state index in [0.717, 1.165) is 37.0 Å². The van der Waals surface area contributed by atoms with Crippen molar-refractivity contribution in [1.29, 1.82) is 0 Å². The number of halogens is 1. The highest BCUT2D eigenvalue weighted by atomic mass is 35.5. The van der Waals surface area contributed by atoms with Crippen LogP contribution in [0.15, 0.2) is 23.0 Å². The second kappa shape index (κ2) is 8.37. The summed E-state index contributed by atoms with van der Waals surface area (Å²) >= 11 is 1.44. The van der Waals surface area contributed by atoms with E-state index in [1.54, 1.807) is 0 Å². The van der Waals surface area contributed by atoms with Gasteiger partial charge in [0.1, 0.15) is 16.2 Å². The minimum Gasteiger partial charge on any atom is -0.487 e. The number of aromatic nitrogens is 2. The molecule has 9 heteroatoms. The maximum Gasteiger partial charge on any atom is 0.372 e. The Morgan fingerprint density at radius 2 is 2.13 bits per heavy atom. The lowest BCUT2D eigenvalue weighted by atomic mass is 10.0. The average molecular weight is 450 g/mol. The lowest BCUT2D eigenvalue weighted by molar-refractivity contribution is 0.0683. The van der Waals surface area contributed by atoms with E-state index in [-0.39, 0.29) is 29.4 Å². The van der Waals surface area contributed by atoms with Crippen LogP contribution < -0.4 is 16.0 Å². The molecule has 0 atom stereocenters. The van der Waals surface area contributed by atoms with Gasteiger partial charge in [-0.3, -0.25) is 4.79 Å². The Balaban J connectivity index is 0.000000169. The SMILES string of the molecule is CC1(C)Cc2cc(CN)ccc2O1.Cl.O=C(O)c1nc2sc3c(c2c(=O)[nH]1)CCC3. The molecule has 0 radical (unpaired) electrons. The van der Waals surface area contributed by atoms with Gasteiger partial charge in [-0.25, -0.2) is 9.78 Å². The molecule has 3 aromatic rings. The molecule has 2 aliphatic rings. The zero-order chi connectivity index (χ0) is 20.8. The van der Waals surface area contributed by atoms with Crippen LogP contribution in [0.4, 0.5) is 0 Å². The summed E-state index contributed by atoms with van der Waals surface area (Å²) < 4.78 is 5.75. The van der Waals surface area contributed by atoms with E-state index in [0.29, 0.717) is 16.8 Å². The number of aromatic amines is 1. The second-order valence-corrected chi connectivity index (χ2v) is 9.03. The van der Waals surface area contributed by atoms with Crippen molar-refractivity contribution < 1.29 is 14.6 Å². The number of ether oxygens (including phenoxy) is 1. The fourth-order valence-electron chi connectivity index (χ4n) is 3.89. The van der Waals surface area contributed by atoms with Gasteiger partial charge in [-0.15, -0.1) is 23.7 Å². The monoisotopic (exact) mass is 449 g/mol. The van der Waals surface area contributed by atoms with Crippen LogP contribution in [-0.2, 0) is 25.8 Å². The Morgan fingerprint density at radius 3 is 2.83 bits per heavy atom. The molecular formula is C21H24ClN3O4S. The third-order valence-corrected chi connectivity index (χ3v) is 6.33. The number of hydrogen-bond acceptors (Lipinski definition) is 6. The van der Waals surface area contributed by atoms with Gasteiger partial charge in [0.15, 0.2) is 0 Å². The van der Waals surface area contributed by atoms with E-state index < -0.39 is 5.97 Å². The maximum absolute atomic E-state index is 11.8. The Bertz CT molecular complexity index is 1170. The number of fused-ring (bicyclic) bond motifs is 4.